The van der Waals surface area contributed by atoms with E-state index in [0.29, 0.717) is 6.04 Å². The van der Waals surface area contributed by atoms with Gasteiger partial charge in [0, 0.05) is 24.5 Å². The maximum Gasteiger partial charge on any atom is 0.223 e. The molecule has 0 radical (unpaired) electrons. The molecule has 4 rings (SSSR count). The molecule has 1 aliphatic rings. The van der Waals surface area contributed by atoms with Gasteiger partial charge in [0.1, 0.15) is 0 Å². The number of carbonyl (C=O) groups is 1. The van der Waals surface area contributed by atoms with Crippen molar-refractivity contribution < 1.29 is 9.90 Å². The first kappa shape index (κ1) is 19.6. The summed E-state index contributed by atoms with van der Waals surface area (Å²) in [6.45, 7) is 2.44. The Bertz CT molecular complexity index is 961. The molecule has 150 valence electrons. The molecule has 4 heteroatoms. The topological polar surface area (TPSA) is 61.4 Å². The van der Waals surface area contributed by atoms with Crippen LogP contribution in [0.25, 0.3) is 10.8 Å². The third kappa shape index (κ3) is 4.50. The van der Waals surface area contributed by atoms with Gasteiger partial charge in [-0.1, -0.05) is 72.8 Å². The molecule has 1 amide bonds. The first-order valence-corrected chi connectivity index (χ1v) is 10.4. The molecule has 0 aliphatic heterocycles. The summed E-state index contributed by atoms with van der Waals surface area (Å²) in [5, 5.41) is 19.3. The number of fused-ring (bicyclic) bond motifs is 1. The molecule has 0 saturated heterocycles. The summed E-state index contributed by atoms with van der Waals surface area (Å²) in [5.41, 5.74) is 2.12. The van der Waals surface area contributed by atoms with Gasteiger partial charge in [-0.15, -0.1) is 0 Å². The molecule has 0 heterocycles. The predicted molar refractivity (Wildman–Crippen MR) is 116 cm³/mol. The maximum atomic E-state index is 12.4. The molecule has 3 N–H and O–H groups in total. The first-order chi connectivity index (χ1) is 14.1. The second-order valence-corrected chi connectivity index (χ2v) is 7.99. The van der Waals surface area contributed by atoms with Crippen molar-refractivity contribution in [3.8, 4) is 0 Å². The van der Waals surface area contributed by atoms with E-state index in [-0.39, 0.29) is 24.4 Å². The van der Waals surface area contributed by atoms with E-state index in [1.807, 2.05) is 30.3 Å². The van der Waals surface area contributed by atoms with Crippen molar-refractivity contribution in [2.75, 3.05) is 6.54 Å². The molecule has 1 saturated carbocycles. The summed E-state index contributed by atoms with van der Waals surface area (Å²) in [6.07, 6.45) is 1.01. The minimum Gasteiger partial charge on any atom is -0.387 e. The van der Waals surface area contributed by atoms with Crippen molar-refractivity contribution in [3.05, 3.63) is 83.9 Å². The summed E-state index contributed by atoms with van der Waals surface area (Å²) in [6, 6.07) is 24.9. The lowest BCUT2D eigenvalue weighted by Gasteiger charge is -2.37. The van der Waals surface area contributed by atoms with E-state index >= 15 is 0 Å². The molecule has 0 spiro atoms. The van der Waals surface area contributed by atoms with Crippen molar-refractivity contribution in [1.82, 2.24) is 10.6 Å². The first-order valence-electron chi connectivity index (χ1n) is 10.4. The molecule has 2 atom stereocenters. The van der Waals surface area contributed by atoms with E-state index in [0.717, 1.165) is 18.4 Å². The smallest absolute Gasteiger partial charge is 0.223 e. The molecule has 3 aromatic carbocycles. The zero-order chi connectivity index (χ0) is 20.2. The summed E-state index contributed by atoms with van der Waals surface area (Å²) in [7, 11) is 0. The summed E-state index contributed by atoms with van der Waals surface area (Å²) >= 11 is 0. The zero-order valence-electron chi connectivity index (χ0n) is 16.7. The van der Waals surface area contributed by atoms with E-state index < -0.39 is 6.10 Å². The van der Waals surface area contributed by atoms with Crippen LogP contribution in [0.3, 0.4) is 0 Å². The van der Waals surface area contributed by atoms with Gasteiger partial charge in [-0.05, 0) is 41.7 Å². The minimum absolute atomic E-state index is 0.0233. The number of hydrogen-bond donors (Lipinski definition) is 3. The highest BCUT2D eigenvalue weighted by molar-refractivity contribution is 5.86. The monoisotopic (exact) mass is 388 g/mol. The van der Waals surface area contributed by atoms with Crippen LogP contribution in [0, 0.1) is 5.92 Å². The van der Waals surface area contributed by atoms with Gasteiger partial charge in [-0.3, -0.25) is 4.79 Å². The number of hydrogen-bond acceptors (Lipinski definition) is 3. The number of nitrogens with one attached hydrogen (secondary N) is 2. The SMILES string of the molecule is CC(NC1CC(C(=O)NCC(O)c2ccccc2)C1)c1cccc2ccccc12. The Morgan fingerprint density at radius 3 is 2.48 bits per heavy atom. The Hall–Kier alpha value is -2.69. The molecular formula is C25H28N2O2. The normalized spacial score (nSPS) is 20.6. The van der Waals surface area contributed by atoms with Crippen LogP contribution in [-0.4, -0.2) is 23.6 Å². The lowest BCUT2D eigenvalue weighted by Crippen LogP contribution is -2.48. The minimum atomic E-state index is -0.666. The van der Waals surface area contributed by atoms with Crippen molar-refractivity contribution in [3.63, 3.8) is 0 Å². The molecule has 4 nitrogen and oxygen atoms in total. The highest BCUT2D eigenvalue weighted by Crippen LogP contribution is 2.31. The molecule has 1 aliphatic carbocycles. The summed E-state index contributed by atoms with van der Waals surface area (Å²) < 4.78 is 0. The molecule has 0 bridgehead atoms. The Morgan fingerprint density at radius 1 is 1.00 bits per heavy atom. The maximum absolute atomic E-state index is 12.4. The number of aliphatic hydroxyl groups excluding tert-OH is 1. The van der Waals surface area contributed by atoms with Crippen LogP contribution in [0.5, 0.6) is 0 Å². The Kier molecular flexibility index (Phi) is 5.93. The van der Waals surface area contributed by atoms with E-state index in [9.17, 15) is 9.90 Å². The van der Waals surface area contributed by atoms with Crippen LogP contribution in [0.15, 0.2) is 72.8 Å². The second kappa shape index (κ2) is 8.76. The fourth-order valence-corrected chi connectivity index (χ4v) is 4.17. The quantitative estimate of drug-likeness (QED) is 0.571. The standard InChI is InChI=1S/C25H28N2O2/c1-17(22-13-7-11-18-8-5-6-12-23(18)22)27-21-14-20(15-21)25(29)26-16-24(28)19-9-3-2-4-10-19/h2-13,17,20-21,24,27-28H,14-16H2,1H3,(H,26,29). The number of rotatable bonds is 7. The lowest BCUT2D eigenvalue weighted by molar-refractivity contribution is -0.128. The van der Waals surface area contributed by atoms with Crippen molar-refractivity contribution >= 4 is 16.7 Å². The molecule has 3 aromatic rings. The molecule has 29 heavy (non-hydrogen) atoms. The number of benzene rings is 3. The Morgan fingerprint density at radius 2 is 1.69 bits per heavy atom. The van der Waals surface area contributed by atoms with E-state index in [4.69, 9.17) is 0 Å². The van der Waals surface area contributed by atoms with Gasteiger partial charge in [-0.25, -0.2) is 0 Å². The van der Waals surface area contributed by atoms with Gasteiger partial charge >= 0.3 is 0 Å². The molecular weight excluding hydrogens is 360 g/mol. The van der Waals surface area contributed by atoms with Gasteiger partial charge in [0.15, 0.2) is 0 Å². The zero-order valence-corrected chi connectivity index (χ0v) is 16.7. The van der Waals surface area contributed by atoms with Crippen LogP contribution in [0.1, 0.15) is 43.0 Å². The Balaban J connectivity index is 1.26. The van der Waals surface area contributed by atoms with E-state index in [2.05, 4.69) is 60.0 Å². The summed E-state index contributed by atoms with van der Waals surface area (Å²) in [4.78, 5) is 12.4. The highest BCUT2D eigenvalue weighted by Gasteiger charge is 2.35. The van der Waals surface area contributed by atoms with Crippen LogP contribution in [-0.2, 0) is 4.79 Å². The van der Waals surface area contributed by atoms with Crippen molar-refractivity contribution in [1.29, 1.82) is 0 Å². The van der Waals surface area contributed by atoms with Crippen LogP contribution in [0.2, 0.25) is 0 Å². The molecule has 0 aromatic heterocycles. The largest absolute Gasteiger partial charge is 0.387 e. The molecule has 2 unspecified atom stereocenters. The van der Waals surface area contributed by atoms with Gasteiger partial charge in [0.05, 0.1) is 6.10 Å². The third-order valence-corrected chi connectivity index (χ3v) is 5.94. The predicted octanol–water partition coefficient (Wildman–Crippen LogP) is 4.12. The van der Waals surface area contributed by atoms with Gasteiger partial charge in [-0.2, -0.15) is 0 Å². The Labute approximate surface area is 172 Å². The van der Waals surface area contributed by atoms with E-state index in [1.165, 1.54) is 16.3 Å². The average Bonchev–Trinajstić information content (AvgIpc) is 2.74. The molecule has 1 fully saturated rings. The summed E-state index contributed by atoms with van der Waals surface area (Å²) in [5.74, 6) is 0.0611. The third-order valence-electron chi connectivity index (χ3n) is 5.94. The van der Waals surface area contributed by atoms with Gasteiger partial charge < -0.3 is 15.7 Å². The second-order valence-electron chi connectivity index (χ2n) is 7.99. The van der Waals surface area contributed by atoms with Gasteiger partial charge in [0.2, 0.25) is 5.91 Å². The fraction of sp³-hybridized carbons (Fsp3) is 0.320. The lowest BCUT2D eigenvalue weighted by atomic mass is 9.79. The van der Waals surface area contributed by atoms with Crippen LogP contribution in [0.4, 0.5) is 0 Å². The fourth-order valence-electron chi connectivity index (χ4n) is 4.17. The van der Waals surface area contributed by atoms with Crippen molar-refractivity contribution in [2.45, 2.75) is 38.0 Å². The number of carbonyl (C=O) groups excluding carboxylic acids is 1. The van der Waals surface area contributed by atoms with Crippen LogP contribution >= 0.6 is 0 Å². The number of amides is 1. The van der Waals surface area contributed by atoms with Crippen LogP contribution < -0.4 is 10.6 Å². The number of aliphatic hydroxyl groups is 1. The van der Waals surface area contributed by atoms with Gasteiger partial charge in [0.25, 0.3) is 0 Å². The highest BCUT2D eigenvalue weighted by atomic mass is 16.3. The average molecular weight is 389 g/mol. The van der Waals surface area contributed by atoms with Crippen molar-refractivity contribution in [2.24, 2.45) is 5.92 Å². The van der Waals surface area contributed by atoms with E-state index in [1.54, 1.807) is 0 Å².